The highest BCUT2D eigenvalue weighted by Crippen LogP contribution is 2.14. The number of esters is 1. The third kappa shape index (κ3) is 6.44. The summed E-state index contributed by atoms with van der Waals surface area (Å²) in [5.74, 6) is 0.104. The SMILES string of the molecule is CCN(CCOC(C)=O)C(=O)c1ccc(CSC(O)=S)cc1. The summed E-state index contributed by atoms with van der Waals surface area (Å²) >= 11 is 5.76. The van der Waals surface area contributed by atoms with E-state index in [0.29, 0.717) is 24.4 Å². The van der Waals surface area contributed by atoms with Gasteiger partial charge >= 0.3 is 5.97 Å². The van der Waals surface area contributed by atoms with Crippen molar-refractivity contribution in [3.63, 3.8) is 0 Å². The molecule has 1 aromatic rings. The molecule has 0 radical (unpaired) electrons. The number of carbonyl (C=O) groups is 2. The molecule has 0 bridgehead atoms. The van der Waals surface area contributed by atoms with Crippen molar-refractivity contribution in [2.45, 2.75) is 19.6 Å². The van der Waals surface area contributed by atoms with Crippen LogP contribution in [0.2, 0.25) is 0 Å². The highest BCUT2D eigenvalue weighted by atomic mass is 32.2. The molecule has 22 heavy (non-hydrogen) atoms. The van der Waals surface area contributed by atoms with Gasteiger partial charge in [0.1, 0.15) is 6.61 Å². The molecule has 0 saturated carbocycles. The fraction of sp³-hybridized carbons (Fsp3) is 0.400. The third-order valence-electron chi connectivity index (χ3n) is 2.90. The van der Waals surface area contributed by atoms with Crippen LogP contribution in [-0.2, 0) is 15.3 Å². The lowest BCUT2D eigenvalue weighted by Gasteiger charge is -2.20. The van der Waals surface area contributed by atoms with E-state index in [1.54, 1.807) is 17.0 Å². The lowest BCUT2D eigenvalue weighted by Crippen LogP contribution is -2.34. The summed E-state index contributed by atoms with van der Waals surface area (Å²) in [6, 6.07) is 7.15. The number of thiocarbonyl (C=S) groups is 1. The molecule has 1 aromatic carbocycles. The fourth-order valence-electron chi connectivity index (χ4n) is 1.77. The number of carbonyl (C=O) groups excluding carboxylic acids is 2. The first-order valence-corrected chi connectivity index (χ1v) is 8.20. The highest BCUT2D eigenvalue weighted by molar-refractivity contribution is 8.21. The summed E-state index contributed by atoms with van der Waals surface area (Å²) in [5, 5.41) is 8.98. The molecule has 0 unspecified atom stereocenters. The Bertz CT molecular complexity index is 531. The molecule has 0 aromatic heterocycles. The summed E-state index contributed by atoms with van der Waals surface area (Å²) in [6.45, 7) is 4.31. The van der Waals surface area contributed by atoms with Crippen LogP contribution < -0.4 is 0 Å². The lowest BCUT2D eigenvalue weighted by molar-refractivity contribution is -0.141. The van der Waals surface area contributed by atoms with E-state index in [9.17, 15) is 9.59 Å². The van der Waals surface area contributed by atoms with Crippen molar-refractivity contribution in [1.82, 2.24) is 4.90 Å². The van der Waals surface area contributed by atoms with Gasteiger partial charge in [0.15, 0.2) is 0 Å². The van der Waals surface area contributed by atoms with Gasteiger partial charge in [-0.3, -0.25) is 9.59 Å². The molecule has 0 atom stereocenters. The maximum atomic E-state index is 12.3. The molecule has 1 N–H and O–H groups in total. The minimum atomic E-state index is -0.354. The Morgan fingerprint density at radius 1 is 1.32 bits per heavy atom. The molecule has 0 aliphatic carbocycles. The monoisotopic (exact) mass is 341 g/mol. The van der Waals surface area contributed by atoms with Crippen molar-refractivity contribution in [2.75, 3.05) is 19.7 Å². The standard InChI is InChI=1S/C15H19NO4S2/c1-3-16(8-9-20-11(2)17)14(18)13-6-4-12(5-7-13)10-22-15(19)21/h4-7H,3,8-10H2,1-2H3,(H,19,21). The van der Waals surface area contributed by atoms with Crippen molar-refractivity contribution in [2.24, 2.45) is 0 Å². The van der Waals surface area contributed by atoms with Gasteiger partial charge in [0.25, 0.3) is 5.91 Å². The first kappa shape index (κ1) is 18.4. The maximum absolute atomic E-state index is 12.3. The zero-order valence-corrected chi connectivity index (χ0v) is 14.2. The average molecular weight is 341 g/mol. The first-order chi connectivity index (χ1) is 10.4. The molecule has 0 heterocycles. The van der Waals surface area contributed by atoms with E-state index in [1.165, 1.54) is 18.7 Å². The number of aliphatic hydroxyl groups excluding tert-OH is 1. The number of amides is 1. The van der Waals surface area contributed by atoms with E-state index in [0.717, 1.165) is 5.56 Å². The second-order valence-corrected chi connectivity index (χ2v) is 6.09. The van der Waals surface area contributed by atoms with Crippen molar-refractivity contribution >= 4 is 40.2 Å². The predicted octanol–water partition coefficient (Wildman–Crippen LogP) is 2.79. The number of hydrogen-bond donors (Lipinski definition) is 1. The second kappa shape index (κ2) is 9.42. The quantitative estimate of drug-likeness (QED) is 0.608. The number of benzene rings is 1. The Labute approximate surface area is 139 Å². The third-order valence-corrected chi connectivity index (χ3v) is 3.98. The Morgan fingerprint density at radius 2 is 1.95 bits per heavy atom. The van der Waals surface area contributed by atoms with E-state index in [2.05, 4.69) is 12.2 Å². The Balaban J connectivity index is 2.62. The van der Waals surface area contributed by atoms with Crippen molar-refractivity contribution in [3.8, 4) is 0 Å². The summed E-state index contributed by atoms with van der Waals surface area (Å²) < 4.78 is 4.77. The fourth-order valence-corrected chi connectivity index (χ4v) is 2.43. The van der Waals surface area contributed by atoms with Crippen molar-refractivity contribution in [1.29, 1.82) is 0 Å². The Hall–Kier alpha value is -1.60. The van der Waals surface area contributed by atoms with Gasteiger partial charge in [-0.1, -0.05) is 23.9 Å². The minimum Gasteiger partial charge on any atom is -0.494 e. The zero-order valence-electron chi connectivity index (χ0n) is 12.6. The highest BCUT2D eigenvalue weighted by Gasteiger charge is 2.14. The maximum Gasteiger partial charge on any atom is 0.302 e. The van der Waals surface area contributed by atoms with E-state index in [-0.39, 0.29) is 22.9 Å². The van der Waals surface area contributed by atoms with Gasteiger partial charge in [-0.15, -0.1) is 0 Å². The molecule has 7 heteroatoms. The van der Waals surface area contributed by atoms with Gasteiger partial charge in [0.05, 0.1) is 6.54 Å². The number of ether oxygens (including phenoxy) is 1. The van der Waals surface area contributed by atoms with Gasteiger partial charge in [0, 0.05) is 24.8 Å². The van der Waals surface area contributed by atoms with Gasteiger partial charge in [0.2, 0.25) is 4.38 Å². The molecular weight excluding hydrogens is 322 g/mol. The van der Waals surface area contributed by atoms with E-state index >= 15 is 0 Å². The van der Waals surface area contributed by atoms with E-state index in [1.807, 2.05) is 19.1 Å². The molecule has 0 spiro atoms. The number of rotatable bonds is 7. The molecule has 0 fully saturated rings. The molecule has 5 nitrogen and oxygen atoms in total. The zero-order chi connectivity index (χ0) is 16.5. The summed E-state index contributed by atoms with van der Waals surface area (Å²) in [7, 11) is 0. The number of aliphatic hydroxyl groups is 1. The normalized spacial score (nSPS) is 10.1. The van der Waals surface area contributed by atoms with Crippen LogP contribution in [0.4, 0.5) is 0 Å². The molecule has 0 aliphatic rings. The largest absolute Gasteiger partial charge is 0.494 e. The van der Waals surface area contributed by atoms with Crippen LogP contribution in [0.3, 0.4) is 0 Å². The van der Waals surface area contributed by atoms with Gasteiger partial charge in [-0.2, -0.15) is 0 Å². The summed E-state index contributed by atoms with van der Waals surface area (Å²) in [4.78, 5) is 24.7. The van der Waals surface area contributed by atoms with E-state index < -0.39 is 0 Å². The molecule has 120 valence electrons. The van der Waals surface area contributed by atoms with Gasteiger partial charge in [-0.05, 0) is 36.8 Å². The van der Waals surface area contributed by atoms with Crippen LogP contribution in [0.1, 0.15) is 29.8 Å². The second-order valence-electron chi connectivity index (χ2n) is 4.48. The molecule has 1 amide bonds. The Kier molecular flexibility index (Phi) is 7.90. The molecule has 0 aliphatic heterocycles. The van der Waals surface area contributed by atoms with Crippen LogP contribution in [0.15, 0.2) is 24.3 Å². The number of thioether (sulfide) groups is 1. The number of nitrogens with zero attached hydrogens (tertiary/aromatic N) is 1. The number of hydrogen-bond acceptors (Lipinski definition) is 5. The van der Waals surface area contributed by atoms with Crippen LogP contribution in [0.25, 0.3) is 0 Å². The smallest absolute Gasteiger partial charge is 0.302 e. The van der Waals surface area contributed by atoms with Crippen molar-refractivity contribution in [3.05, 3.63) is 35.4 Å². The number of likely N-dealkylation sites (N-methyl/N-ethyl adjacent to an activating group) is 1. The predicted molar refractivity (Wildman–Crippen MR) is 91.2 cm³/mol. The topological polar surface area (TPSA) is 66.8 Å². The minimum absolute atomic E-state index is 0.0946. The first-order valence-electron chi connectivity index (χ1n) is 6.81. The van der Waals surface area contributed by atoms with E-state index in [4.69, 9.17) is 9.84 Å². The summed E-state index contributed by atoms with van der Waals surface area (Å²) in [5.41, 5.74) is 1.55. The molecular formula is C15H19NO4S2. The van der Waals surface area contributed by atoms with Gasteiger partial charge < -0.3 is 14.7 Å². The lowest BCUT2D eigenvalue weighted by atomic mass is 10.1. The van der Waals surface area contributed by atoms with Gasteiger partial charge in [-0.25, -0.2) is 0 Å². The average Bonchev–Trinajstić information content (AvgIpc) is 2.49. The molecule has 0 saturated heterocycles. The van der Waals surface area contributed by atoms with Crippen LogP contribution >= 0.6 is 24.0 Å². The van der Waals surface area contributed by atoms with Crippen LogP contribution in [0.5, 0.6) is 0 Å². The van der Waals surface area contributed by atoms with Crippen molar-refractivity contribution < 1.29 is 19.4 Å². The van der Waals surface area contributed by atoms with Crippen LogP contribution in [-0.4, -0.2) is 46.0 Å². The Morgan fingerprint density at radius 3 is 2.45 bits per heavy atom. The molecule has 1 rings (SSSR count). The summed E-state index contributed by atoms with van der Waals surface area (Å²) in [6.07, 6.45) is 0. The van der Waals surface area contributed by atoms with Crippen LogP contribution in [0, 0.1) is 0 Å².